The number of rotatable bonds is 2. The molecule has 0 spiro atoms. The average molecular weight is 320 g/mol. The van der Waals surface area contributed by atoms with Crippen LogP contribution in [0, 0.1) is 11.3 Å². The van der Waals surface area contributed by atoms with Crippen molar-refractivity contribution in [3.05, 3.63) is 46.2 Å². The molecular weight excluding hydrogens is 314 g/mol. The Kier molecular flexibility index (Phi) is 3.93. The van der Waals surface area contributed by atoms with E-state index in [4.69, 9.17) is 28.5 Å². The van der Waals surface area contributed by atoms with Crippen molar-refractivity contribution in [3.63, 3.8) is 0 Å². The van der Waals surface area contributed by atoms with Crippen LogP contribution in [0.15, 0.2) is 24.3 Å². The highest BCUT2D eigenvalue weighted by molar-refractivity contribution is 6.31. The second kappa shape index (κ2) is 5.35. The smallest absolute Gasteiger partial charge is 0.221 e. The van der Waals surface area contributed by atoms with E-state index in [2.05, 4.69) is 5.10 Å². The lowest BCUT2D eigenvalue weighted by molar-refractivity contribution is -0.141. The fourth-order valence-electron chi connectivity index (χ4n) is 1.65. The first-order chi connectivity index (χ1) is 9.38. The summed E-state index contributed by atoms with van der Waals surface area (Å²) in [4.78, 5) is 0. The highest BCUT2D eigenvalue weighted by Crippen LogP contribution is 2.36. The van der Waals surface area contributed by atoms with E-state index >= 15 is 0 Å². The molecule has 3 nitrogen and oxygen atoms in total. The zero-order chi connectivity index (χ0) is 14.9. The largest absolute Gasteiger partial charge is 0.435 e. The van der Waals surface area contributed by atoms with Crippen molar-refractivity contribution in [2.75, 3.05) is 0 Å². The zero-order valence-corrected chi connectivity index (χ0v) is 11.3. The minimum atomic E-state index is -4.65. The Balaban J connectivity index is 2.64. The summed E-state index contributed by atoms with van der Waals surface area (Å²) in [5.41, 5.74) is -0.867. The molecule has 0 aliphatic carbocycles. The molecule has 104 valence electrons. The van der Waals surface area contributed by atoms with Crippen LogP contribution in [0.25, 0.3) is 5.69 Å². The number of nitriles is 1. The maximum atomic E-state index is 12.8. The summed E-state index contributed by atoms with van der Waals surface area (Å²) in [6.07, 6.45) is -4.65. The molecule has 0 saturated heterocycles. The van der Waals surface area contributed by atoms with Gasteiger partial charge in [0.1, 0.15) is 5.15 Å². The molecule has 0 radical (unpaired) electrons. The van der Waals surface area contributed by atoms with Gasteiger partial charge < -0.3 is 0 Å². The Hall–Kier alpha value is -1.71. The second-order valence-corrected chi connectivity index (χ2v) is 4.45. The summed E-state index contributed by atoms with van der Waals surface area (Å²) in [7, 11) is 0. The third-order valence-electron chi connectivity index (χ3n) is 2.54. The van der Waals surface area contributed by atoms with Crippen LogP contribution >= 0.6 is 23.2 Å². The number of aromatic nitrogens is 2. The fraction of sp³-hybridized carbons (Fsp3) is 0.167. The molecule has 0 unspecified atom stereocenters. The summed E-state index contributed by atoms with van der Waals surface area (Å²) < 4.78 is 39.5. The van der Waals surface area contributed by atoms with E-state index in [9.17, 15) is 13.2 Å². The first-order valence-corrected chi connectivity index (χ1v) is 6.21. The van der Waals surface area contributed by atoms with Gasteiger partial charge in [-0.2, -0.15) is 23.5 Å². The summed E-state index contributed by atoms with van der Waals surface area (Å²) >= 11 is 11.4. The third-order valence-corrected chi connectivity index (χ3v) is 3.20. The van der Waals surface area contributed by atoms with Gasteiger partial charge in [-0.25, -0.2) is 4.68 Å². The lowest BCUT2D eigenvalue weighted by atomic mass is 10.2. The summed E-state index contributed by atoms with van der Waals surface area (Å²) in [5.74, 6) is -0.411. The van der Waals surface area contributed by atoms with Gasteiger partial charge in [0.25, 0.3) is 0 Å². The van der Waals surface area contributed by atoms with Crippen LogP contribution in [0.5, 0.6) is 0 Å². The van der Waals surface area contributed by atoms with Crippen LogP contribution in [0.4, 0.5) is 13.2 Å². The van der Waals surface area contributed by atoms with E-state index in [1.807, 2.05) is 6.07 Å². The number of halogens is 5. The molecule has 20 heavy (non-hydrogen) atoms. The molecule has 8 heteroatoms. The van der Waals surface area contributed by atoms with Crippen molar-refractivity contribution in [1.82, 2.24) is 9.78 Å². The summed E-state index contributed by atoms with van der Waals surface area (Å²) in [5, 5.41) is 12.0. The van der Waals surface area contributed by atoms with Crippen molar-refractivity contribution in [1.29, 1.82) is 5.26 Å². The monoisotopic (exact) mass is 319 g/mol. The van der Waals surface area contributed by atoms with Crippen LogP contribution in [0.3, 0.4) is 0 Å². The Morgan fingerprint density at radius 1 is 1.35 bits per heavy atom. The lowest BCUT2D eigenvalue weighted by Gasteiger charge is -2.03. The molecule has 1 aromatic carbocycles. The van der Waals surface area contributed by atoms with Crippen LogP contribution in [-0.4, -0.2) is 9.78 Å². The van der Waals surface area contributed by atoms with Gasteiger partial charge in [-0.3, -0.25) is 0 Å². The topological polar surface area (TPSA) is 41.6 Å². The Bertz CT molecular complexity index is 686. The third kappa shape index (κ3) is 2.60. The van der Waals surface area contributed by atoms with E-state index in [-0.39, 0.29) is 22.0 Å². The second-order valence-electron chi connectivity index (χ2n) is 3.82. The first-order valence-electron chi connectivity index (χ1n) is 5.29. The molecule has 0 saturated carbocycles. The molecule has 0 aliphatic heterocycles. The molecule has 0 N–H and O–H groups in total. The maximum Gasteiger partial charge on any atom is 0.435 e. The summed E-state index contributed by atoms with van der Waals surface area (Å²) in [6.45, 7) is 0. The number of hydrogen-bond donors (Lipinski definition) is 0. The molecule has 2 rings (SSSR count). The van der Waals surface area contributed by atoms with Crippen LogP contribution in [-0.2, 0) is 12.1 Å². The van der Waals surface area contributed by atoms with Crippen LogP contribution < -0.4 is 0 Å². The van der Waals surface area contributed by atoms with Gasteiger partial charge in [-0.05, 0) is 18.2 Å². The van der Waals surface area contributed by atoms with Gasteiger partial charge in [-0.15, -0.1) is 11.6 Å². The van der Waals surface area contributed by atoms with Gasteiger partial charge in [-0.1, -0.05) is 17.7 Å². The van der Waals surface area contributed by atoms with Gasteiger partial charge in [0.05, 0.1) is 23.2 Å². The Morgan fingerprint density at radius 2 is 2.05 bits per heavy atom. The first kappa shape index (κ1) is 14.7. The van der Waals surface area contributed by atoms with Crippen molar-refractivity contribution in [2.45, 2.75) is 12.1 Å². The SMILES string of the molecule is N#Cc1cccc(-n2nc(C(F)(F)F)c(CCl)c2Cl)c1. The number of nitrogens with zero attached hydrogens (tertiary/aromatic N) is 3. The van der Waals surface area contributed by atoms with E-state index in [1.165, 1.54) is 24.3 Å². The summed E-state index contributed by atoms with van der Waals surface area (Å²) in [6, 6.07) is 7.82. The minimum absolute atomic E-state index is 0.220. The molecule has 0 fully saturated rings. The van der Waals surface area contributed by atoms with Crippen LogP contribution in [0.2, 0.25) is 5.15 Å². The van der Waals surface area contributed by atoms with E-state index in [0.717, 1.165) is 4.68 Å². The predicted octanol–water partition coefficient (Wildman–Crippen LogP) is 4.15. The van der Waals surface area contributed by atoms with Gasteiger partial charge in [0, 0.05) is 5.56 Å². The Labute approximate surface area is 122 Å². The van der Waals surface area contributed by atoms with Crippen LogP contribution in [0.1, 0.15) is 16.8 Å². The maximum absolute atomic E-state index is 12.8. The minimum Gasteiger partial charge on any atom is -0.221 e. The molecule has 0 atom stereocenters. The zero-order valence-electron chi connectivity index (χ0n) is 9.75. The number of alkyl halides is 4. The highest BCUT2D eigenvalue weighted by Gasteiger charge is 2.38. The molecule has 0 bridgehead atoms. The quantitative estimate of drug-likeness (QED) is 0.780. The van der Waals surface area contributed by atoms with Gasteiger partial charge in [0.2, 0.25) is 0 Å². The molecule has 0 aliphatic rings. The van der Waals surface area contributed by atoms with E-state index in [1.54, 1.807) is 0 Å². The number of benzene rings is 1. The predicted molar refractivity (Wildman–Crippen MR) is 67.8 cm³/mol. The average Bonchev–Trinajstić information content (AvgIpc) is 2.75. The normalized spacial score (nSPS) is 11.4. The van der Waals surface area contributed by atoms with Crippen molar-refractivity contribution >= 4 is 23.2 Å². The molecule has 2 aromatic rings. The molecule has 0 amide bonds. The van der Waals surface area contributed by atoms with Gasteiger partial charge >= 0.3 is 6.18 Å². The van der Waals surface area contributed by atoms with E-state index in [0.29, 0.717) is 0 Å². The van der Waals surface area contributed by atoms with Gasteiger partial charge in [0.15, 0.2) is 5.69 Å². The van der Waals surface area contributed by atoms with Crippen molar-refractivity contribution in [3.8, 4) is 11.8 Å². The highest BCUT2D eigenvalue weighted by atomic mass is 35.5. The fourth-order valence-corrected chi connectivity index (χ4v) is 2.27. The Morgan fingerprint density at radius 3 is 2.55 bits per heavy atom. The molecule has 1 heterocycles. The standard InChI is InChI=1S/C12H6Cl2F3N3/c13-5-9-10(12(15,16)17)19-20(11(9)14)8-3-1-2-7(4-8)6-18/h1-4H,5H2. The molecular formula is C12H6Cl2F3N3. The van der Waals surface area contributed by atoms with E-state index < -0.39 is 17.8 Å². The molecule has 1 aromatic heterocycles. The lowest BCUT2D eigenvalue weighted by Crippen LogP contribution is -2.09. The van der Waals surface area contributed by atoms with Crippen molar-refractivity contribution < 1.29 is 13.2 Å². The van der Waals surface area contributed by atoms with Crippen molar-refractivity contribution in [2.24, 2.45) is 0 Å². The number of hydrogen-bond acceptors (Lipinski definition) is 2.